The molecule has 3 N–H and O–H groups in total. The van der Waals surface area contributed by atoms with E-state index in [9.17, 15) is 9.59 Å². The van der Waals surface area contributed by atoms with E-state index in [0.29, 0.717) is 6.54 Å². The molecule has 0 aliphatic rings. The minimum absolute atomic E-state index is 0.0597. The Balaban J connectivity index is 2.68. The van der Waals surface area contributed by atoms with E-state index in [0.717, 1.165) is 23.2 Å². The number of hydrogen-bond donors (Lipinski definition) is 2. The highest BCUT2D eigenvalue weighted by Gasteiger charge is 2.15. The molecular formula is C17H21N3O2. The molecule has 0 saturated heterocycles. The van der Waals surface area contributed by atoms with Gasteiger partial charge in [-0.3, -0.25) is 15.0 Å². The van der Waals surface area contributed by atoms with Gasteiger partial charge >= 0.3 is 0 Å². The van der Waals surface area contributed by atoms with Crippen LogP contribution in [0.5, 0.6) is 0 Å². The van der Waals surface area contributed by atoms with Crippen LogP contribution in [-0.4, -0.2) is 10.5 Å². The van der Waals surface area contributed by atoms with Gasteiger partial charge in [-0.1, -0.05) is 30.7 Å². The molecule has 0 aliphatic heterocycles. The lowest BCUT2D eigenvalue weighted by Crippen LogP contribution is -2.37. The Hall–Kier alpha value is -2.40. The lowest BCUT2D eigenvalue weighted by Gasteiger charge is -2.16. The number of carbonyl (C=O) groups is 1. The molecule has 5 nitrogen and oxygen atoms in total. The molecule has 0 spiro atoms. The van der Waals surface area contributed by atoms with Crippen LogP contribution in [0.4, 0.5) is 0 Å². The molecular weight excluding hydrogens is 278 g/mol. The van der Waals surface area contributed by atoms with Crippen LogP contribution in [-0.2, 0) is 6.54 Å². The standard InChI is InChI=1S/C17H21N3O2/c1-4-9-20-15(13-6-5-11(2)10-12(13)3)8-7-14(17(20)22)16(21)19-18/h5-8,10H,4,9,18H2,1-3H3,(H,19,21). The van der Waals surface area contributed by atoms with Gasteiger partial charge in [0.15, 0.2) is 0 Å². The molecule has 1 heterocycles. The average Bonchev–Trinajstić information content (AvgIpc) is 2.49. The zero-order valence-corrected chi connectivity index (χ0v) is 13.1. The minimum atomic E-state index is -0.568. The number of aryl methyl sites for hydroxylation is 2. The Bertz CT molecular complexity index is 763. The number of nitrogen functional groups attached to an aromatic ring is 1. The summed E-state index contributed by atoms with van der Waals surface area (Å²) in [6.07, 6.45) is 0.797. The largest absolute Gasteiger partial charge is 0.308 e. The summed E-state index contributed by atoms with van der Waals surface area (Å²) in [6, 6.07) is 9.44. The van der Waals surface area contributed by atoms with Crippen molar-refractivity contribution in [1.29, 1.82) is 0 Å². The maximum atomic E-state index is 12.6. The lowest BCUT2D eigenvalue weighted by molar-refractivity contribution is 0.0951. The number of benzene rings is 1. The Morgan fingerprint density at radius 1 is 1.23 bits per heavy atom. The second-order valence-corrected chi connectivity index (χ2v) is 5.38. The van der Waals surface area contributed by atoms with Crippen molar-refractivity contribution in [1.82, 2.24) is 9.99 Å². The van der Waals surface area contributed by atoms with Crippen molar-refractivity contribution in [2.45, 2.75) is 33.7 Å². The number of amides is 1. The van der Waals surface area contributed by atoms with Crippen molar-refractivity contribution in [3.05, 3.63) is 57.4 Å². The highest BCUT2D eigenvalue weighted by atomic mass is 16.2. The fourth-order valence-electron chi connectivity index (χ4n) is 2.61. The van der Waals surface area contributed by atoms with Crippen LogP contribution >= 0.6 is 0 Å². The van der Waals surface area contributed by atoms with Crippen LogP contribution in [0.2, 0.25) is 0 Å². The number of aromatic nitrogens is 1. The number of nitrogens with two attached hydrogens (primary N) is 1. The normalized spacial score (nSPS) is 10.5. The fraction of sp³-hybridized carbons (Fsp3) is 0.294. The molecule has 2 rings (SSSR count). The van der Waals surface area contributed by atoms with Gasteiger partial charge in [-0.2, -0.15) is 0 Å². The van der Waals surface area contributed by atoms with Gasteiger partial charge in [0.05, 0.1) is 5.69 Å². The Morgan fingerprint density at radius 2 is 1.95 bits per heavy atom. The van der Waals surface area contributed by atoms with E-state index in [1.807, 2.05) is 38.3 Å². The van der Waals surface area contributed by atoms with Gasteiger partial charge in [-0.25, -0.2) is 5.84 Å². The van der Waals surface area contributed by atoms with Crippen molar-refractivity contribution in [3.63, 3.8) is 0 Å². The maximum absolute atomic E-state index is 12.6. The molecule has 0 fully saturated rings. The molecule has 116 valence electrons. The summed E-state index contributed by atoms with van der Waals surface area (Å²) in [4.78, 5) is 24.3. The van der Waals surface area contributed by atoms with Crippen LogP contribution < -0.4 is 16.8 Å². The molecule has 1 aromatic heterocycles. The Labute approximate surface area is 129 Å². The third kappa shape index (κ3) is 2.94. The Morgan fingerprint density at radius 3 is 2.55 bits per heavy atom. The third-order valence-corrected chi connectivity index (χ3v) is 3.66. The number of hydrogen-bond acceptors (Lipinski definition) is 3. The van der Waals surface area contributed by atoms with Gasteiger partial charge in [0, 0.05) is 12.1 Å². The number of carbonyl (C=O) groups excluding carboxylic acids is 1. The fourth-order valence-corrected chi connectivity index (χ4v) is 2.61. The van der Waals surface area contributed by atoms with Crippen LogP contribution in [0.25, 0.3) is 11.3 Å². The molecule has 2 aromatic rings. The SMILES string of the molecule is CCCn1c(-c2ccc(C)cc2C)ccc(C(=O)NN)c1=O. The van der Waals surface area contributed by atoms with Crippen LogP contribution in [0.15, 0.2) is 35.1 Å². The second-order valence-electron chi connectivity index (χ2n) is 5.38. The number of hydrazine groups is 1. The van der Waals surface area contributed by atoms with Gasteiger partial charge in [0.2, 0.25) is 0 Å². The first-order valence-corrected chi connectivity index (χ1v) is 7.32. The van der Waals surface area contributed by atoms with Crippen molar-refractivity contribution in [2.24, 2.45) is 5.84 Å². The average molecular weight is 299 g/mol. The molecule has 0 radical (unpaired) electrons. The number of nitrogens with one attached hydrogen (secondary N) is 1. The summed E-state index contributed by atoms with van der Waals surface area (Å²) >= 11 is 0. The number of nitrogens with zero attached hydrogens (tertiary/aromatic N) is 1. The van der Waals surface area contributed by atoms with Gasteiger partial charge in [-0.05, 0) is 38.0 Å². The summed E-state index contributed by atoms with van der Waals surface area (Å²) in [5, 5.41) is 0. The summed E-state index contributed by atoms with van der Waals surface area (Å²) in [6.45, 7) is 6.59. The number of rotatable bonds is 4. The molecule has 0 unspecified atom stereocenters. The zero-order valence-electron chi connectivity index (χ0n) is 13.1. The molecule has 0 aliphatic carbocycles. The smallest absolute Gasteiger partial charge is 0.270 e. The highest BCUT2D eigenvalue weighted by Crippen LogP contribution is 2.24. The topological polar surface area (TPSA) is 77.1 Å². The first-order chi connectivity index (χ1) is 10.5. The van der Waals surface area contributed by atoms with E-state index in [4.69, 9.17) is 5.84 Å². The monoisotopic (exact) mass is 299 g/mol. The van der Waals surface area contributed by atoms with Crippen LogP contribution in [0.1, 0.15) is 34.8 Å². The summed E-state index contributed by atoms with van der Waals surface area (Å²) in [5.41, 5.74) is 5.84. The first-order valence-electron chi connectivity index (χ1n) is 7.32. The van der Waals surface area contributed by atoms with Crippen LogP contribution in [0, 0.1) is 13.8 Å². The summed E-state index contributed by atoms with van der Waals surface area (Å²) < 4.78 is 1.64. The molecule has 1 aromatic carbocycles. The second kappa shape index (κ2) is 6.58. The van der Waals surface area contributed by atoms with E-state index in [-0.39, 0.29) is 11.1 Å². The highest BCUT2D eigenvalue weighted by molar-refractivity contribution is 5.93. The van der Waals surface area contributed by atoms with Gasteiger partial charge < -0.3 is 4.57 Å². The molecule has 0 saturated carbocycles. The van der Waals surface area contributed by atoms with E-state index in [1.54, 1.807) is 10.6 Å². The van der Waals surface area contributed by atoms with Crippen molar-refractivity contribution < 1.29 is 4.79 Å². The van der Waals surface area contributed by atoms with E-state index < -0.39 is 5.91 Å². The van der Waals surface area contributed by atoms with Gasteiger partial charge in [-0.15, -0.1) is 0 Å². The van der Waals surface area contributed by atoms with Crippen molar-refractivity contribution in [3.8, 4) is 11.3 Å². The number of pyridine rings is 1. The van der Waals surface area contributed by atoms with Crippen molar-refractivity contribution in [2.75, 3.05) is 0 Å². The molecule has 0 atom stereocenters. The van der Waals surface area contributed by atoms with Crippen molar-refractivity contribution >= 4 is 5.91 Å². The molecule has 0 bridgehead atoms. The van der Waals surface area contributed by atoms with Gasteiger partial charge in [0.1, 0.15) is 5.56 Å². The van der Waals surface area contributed by atoms with E-state index in [1.165, 1.54) is 11.6 Å². The molecule has 1 amide bonds. The Kier molecular flexibility index (Phi) is 4.78. The predicted octanol–water partition coefficient (Wildman–Crippen LogP) is 2.15. The maximum Gasteiger partial charge on any atom is 0.270 e. The predicted molar refractivity (Wildman–Crippen MR) is 87.6 cm³/mol. The molecule has 5 heteroatoms. The minimum Gasteiger partial charge on any atom is -0.308 e. The van der Waals surface area contributed by atoms with E-state index >= 15 is 0 Å². The first kappa shape index (κ1) is 16.0. The lowest BCUT2D eigenvalue weighted by atomic mass is 10.0. The quantitative estimate of drug-likeness (QED) is 0.516. The van der Waals surface area contributed by atoms with E-state index in [2.05, 4.69) is 6.07 Å². The molecule has 22 heavy (non-hydrogen) atoms. The summed E-state index contributed by atoms with van der Waals surface area (Å²) in [5.74, 6) is 4.57. The summed E-state index contributed by atoms with van der Waals surface area (Å²) in [7, 11) is 0. The zero-order chi connectivity index (χ0) is 16.3. The van der Waals surface area contributed by atoms with Crippen LogP contribution in [0.3, 0.4) is 0 Å². The van der Waals surface area contributed by atoms with Gasteiger partial charge in [0.25, 0.3) is 11.5 Å². The third-order valence-electron chi connectivity index (χ3n) is 3.66.